The van der Waals surface area contributed by atoms with Crippen LogP contribution >= 0.6 is 0 Å². The number of benzene rings is 2. The number of nitro benzene ring substituents is 1. The van der Waals surface area contributed by atoms with E-state index in [9.17, 15) is 14.9 Å². The zero-order valence-corrected chi connectivity index (χ0v) is 12.4. The molecular weight excluding hydrogens is 282 g/mol. The average Bonchev–Trinajstić information content (AvgIpc) is 2.47. The molecule has 0 aliphatic carbocycles. The van der Waals surface area contributed by atoms with Gasteiger partial charge in [-0.1, -0.05) is 26.0 Å². The summed E-state index contributed by atoms with van der Waals surface area (Å²) in [7, 11) is 0. The summed E-state index contributed by atoms with van der Waals surface area (Å²) in [6, 6.07) is 11.2. The van der Waals surface area contributed by atoms with Gasteiger partial charge in [0, 0.05) is 23.5 Å². The molecule has 0 radical (unpaired) electrons. The highest BCUT2D eigenvalue weighted by atomic mass is 16.6. The highest BCUT2D eigenvalue weighted by Gasteiger charge is 2.15. The molecule has 0 bridgehead atoms. The van der Waals surface area contributed by atoms with E-state index in [2.05, 4.69) is 19.2 Å². The van der Waals surface area contributed by atoms with Gasteiger partial charge in [-0.25, -0.2) is 0 Å². The van der Waals surface area contributed by atoms with Crippen LogP contribution < -0.4 is 11.1 Å². The van der Waals surface area contributed by atoms with Gasteiger partial charge in [-0.3, -0.25) is 14.9 Å². The van der Waals surface area contributed by atoms with E-state index in [1.54, 1.807) is 12.1 Å². The van der Waals surface area contributed by atoms with Gasteiger partial charge in [-0.15, -0.1) is 0 Å². The molecule has 1 amide bonds. The lowest BCUT2D eigenvalue weighted by Crippen LogP contribution is -2.14. The molecule has 22 heavy (non-hydrogen) atoms. The molecule has 0 aliphatic rings. The Morgan fingerprint density at radius 1 is 1.18 bits per heavy atom. The molecule has 0 saturated carbocycles. The zero-order chi connectivity index (χ0) is 16.3. The minimum atomic E-state index is -0.562. The van der Waals surface area contributed by atoms with Crippen molar-refractivity contribution >= 4 is 23.0 Å². The summed E-state index contributed by atoms with van der Waals surface area (Å²) >= 11 is 0. The number of non-ortho nitro benzene ring substituents is 1. The number of nitro groups is 1. The number of rotatable bonds is 4. The van der Waals surface area contributed by atoms with Gasteiger partial charge in [-0.2, -0.15) is 0 Å². The largest absolute Gasteiger partial charge is 0.398 e. The first-order valence-corrected chi connectivity index (χ1v) is 6.83. The SMILES string of the molecule is CC(C)c1ccc(NC(=O)c2cc([N+](=O)[O-])ccc2N)cc1. The van der Waals surface area contributed by atoms with E-state index in [0.29, 0.717) is 11.6 Å². The standard InChI is InChI=1S/C16H17N3O3/c1-10(2)11-3-5-12(6-4-11)18-16(20)14-9-13(19(21)22)7-8-15(14)17/h3-10H,17H2,1-2H3,(H,18,20). The van der Waals surface area contributed by atoms with E-state index in [0.717, 1.165) is 5.56 Å². The summed E-state index contributed by atoms with van der Waals surface area (Å²) in [5.74, 6) is -0.0735. The number of carbonyl (C=O) groups is 1. The molecule has 6 nitrogen and oxygen atoms in total. The fourth-order valence-electron chi connectivity index (χ4n) is 2.00. The van der Waals surface area contributed by atoms with E-state index in [-0.39, 0.29) is 16.9 Å². The number of hydrogen-bond acceptors (Lipinski definition) is 4. The van der Waals surface area contributed by atoms with Crippen molar-refractivity contribution in [2.75, 3.05) is 11.1 Å². The number of nitrogens with two attached hydrogens (primary N) is 1. The van der Waals surface area contributed by atoms with Crippen molar-refractivity contribution < 1.29 is 9.72 Å². The molecular formula is C16H17N3O3. The van der Waals surface area contributed by atoms with Crippen molar-refractivity contribution in [2.24, 2.45) is 0 Å². The molecule has 0 fully saturated rings. The molecule has 0 unspecified atom stereocenters. The van der Waals surface area contributed by atoms with Gasteiger partial charge in [0.05, 0.1) is 10.5 Å². The van der Waals surface area contributed by atoms with E-state index in [4.69, 9.17) is 5.73 Å². The number of amides is 1. The number of nitrogens with zero attached hydrogens (tertiary/aromatic N) is 1. The van der Waals surface area contributed by atoms with Crippen LogP contribution in [0.3, 0.4) is 0 Å². The zero-order valence-electron chi connectivity index (χ0n) is 12.4. The summed E-state index contributed by atoms with van der Waals surface area (Å²) in [4.78, 5) is 22.4. The van der Waals surface area contributed by atoms with Gasteiger partial charge in [0.2, 0.25) is 0 Å². The third kappa shape index (κ3) is 3.41. The molecule has 0 saturated heterocycles. The molecule has 2 rings (SSSR count). The lowest BCUT2D eigenvalue weighted by molar-refractivity contribution is -0.384. The Balaban J connectivity index is 2.21. The first-order valence-electron chi connectivity index (χ1n) is 6.83. The molecule has 0 heterocycles. The van der Waals surface area contributed by atoms with Crippen molar-refractivity contribution in [3.8, 4) is 0 Å². The maximum Gasteiger partial charge on any atom is 0.270 e. The van der Waals surface area contributed by atoms with Crippen molar-refractivity contribution in [3.05, 3.63) is 63.7 Å². The van der Waals surface area contributed by atoms with Gasteiger partial charge in [0.15, 0.2) is 0 Å². The van der Waals surface area contributed by atoms with E-state index in [1.807, 2.05) is 12.1 Å². The molecule has 0 aliphatic heterocycles. The fourth-order valence-corrected chi connectivity index (χ4v) is 2.00. The Morgan fingerprint density at radius 2 is 1.82 bits per heavy atom. The Bertz CT molecular complexity index is 709. The molecule has 0 spiro atoms. The molecule has 3 N–H and O–H groups in total. The summed E-state index contributed by atoms with van der Waals surface area (Å²) in [5.41, 5.74) is 7.61. The van der Waals surface area contributed by atoms with E-state index >= 15 is 0 Å². The molecule has 6 heteroatoms. The summed E-state index contributed by atoms with van der Waals surface area (Å²) < 4.78 is 0. The van der Waals surface area contributed by atoms with Crippen molar-refractivity contribution in [1.82, 2.24) is 0 Å². The van der Waals surface area contributed by atoms with E-state index < -0.39 is 10.8 Å². The van der Waals surface area contributed by atoms with Crippen LogP contribution in [-0.2, 0) is 0 Å². The number of nitrogen functional groups attached to an aromatic ring is 1. The molecule has 0 atom stereocenters. The Kier molecular flexibility index (Phi) is 4.41. The number of anilines is 2. The number of hydrogen-bond donors (Lipinski definition) is 2. The quantitative estimate of drug-likeness (QED) is 0.512. The maximum absolute atomic E-state index is 12.2. The second-order valence-electron chi connectivity index (χ2n) is 5.26. The van der Waals surface area contributed by atoms with Crippen LogP contribution in [0.15, 0.2) is 42.5 Å². The lowest BCUT2D eigenvalue weighted by Gasteiger charge is -2.09. The number of nitrogens with one attached hydrogen (secondary N) is 1. The van der Waals surface area contributed by atoms with Gasteiger partial charge in [0.1, 0.15) is 0 Å². The third-order valence-corrected chi connectivity index (χ3v) is 3.33. The predicted molar refractivity (Wildman–Crippen MR) is 86.0 cm³/mol. The smallest absolute Gasteiger partial charge is 0.270 e. The average molecular weight is 299 g/mol. The first kappa shape index (κ1) is 15.5. The van der Waals surface area contributed by atoms with Crippen LogP contribution in [0.4, 0.5) is 17.1 Å². The van der Waals surface area contributed by atoms with Crippen molar-refractivity contribution in [3.63, 3.8) is 0 Å². The summed E-state index contributed by atoms with van der Waals surface area (Å²) in [6.45, 7) is 4.16. The highest BCUT2D eigenvalue weighted by Crippen LogP contribution is 2.22. The minimum absolute atomic E-state index is 0.0853. The van der Waals surface area contributed by atoms with Crippen LogP contribution in [0.1, 0.15) is 35.7 Å². The minimum Gasteiger partial charge on any atom is -0.398 e. The normalized spacial score (nSPS) is 10.5. The van der Waals surface area contributed by atoms with Crippen LogP contribution in [0.2, 0.25) is 0 Å². The van der Waals surface area contributed by atoms with Gasteiger partial charge >= 0.3 is 0 Å². The number of carbonyl (C=O) groups excluding carboxylic acids is 1. The molecule has 2 aromatic carbocycles. The van der Waals surface area contributed by atoms with E-state index in [1.165, 1.54) is 18.2 Å². The Morgan fingerprint density at radius 3 is 2.36 bits per heavy atom. The molecule has 2 aromatic rings. The highest BCUT2D eigenvalue weighted by molar-refractivity contribution is 6.08. The Labute approximate surface area is 128 Å². The van der Waals surface area contributed by atoms with Gasteiger partial charge < -0.3 is 11.1 Å². The second kappa shape index (κ2) is 6.26. The summed E-state index contributed by atoms with van der Waals surface area (Å²) in [5, 5.41) is 13.5. The fraction of sp³-hybridized carbons (Fsp3) is 0.188. The summed E-state index contributed by atoms with van der Waals surface area (Å²) in [6.07, 6.45) is 0. The molecule has 114 valence electrons. The van der Waals surface area contributed by atoms with Crippen molar-refractivity contribution in [1.29, 1.82) is 0 Å². The topological polar surface area (TPSA) is 98.3 Å². The van der Waals surface area contributed by atoms with Gasteiger partial charge in [0.25, 0.3) is 11.6 Å². The van der Waals surface area contributed by atoms with Gasteiger partial charge in [-0.05, 0) is 29.7 Å². The maximum atomic E-state index is 12.2. The van der Waals surface area contributed by atoms with Crippen LogP contribution in [-0.4, -0.2) is 10.8 Å². The Hall–Kier alpha value is -2.89. The van der Waals surface area contributed by atoms with Crippen LogP contribution in [0, 0.1) is 10.1 Å². The third-order valence-electron chi connectivity index (χ3n) is 3.33. The van der Waals surface area contributed by atoms with Crippen LogP contribution in [0.5, 0.6) is 0 Å². The molecule has 0 aromatic heterocycles. The van der Waals surface area contributed by atoms with Crippen molar-refractivity contribution in [2.45, 2.75) is 19.8 Å². The second-order valence-corrected chi connectivity index (χ2v) is 5.26. The van der Waals surface area contributed by atoms with Crippen LogP contribution in [0.25, 0.3) is 0 Å². The monoisotopic (exact) mass is 299 g/mol. The predicted octanol–water partition coefficient (Wildman–Crippen LogP) is 3.55. The lowest BCUT2D eigenvalue weighted by atomic mass is 10.0. The first-order chi connectivity index (χ1) is 10.4.